The SMILES string of the molecule is Cc1nc(C(=O)OC(C)(C)C)co1. The Balaban J connectivity index is 2.70. The van der Waals surface area contributed by atoms with E-state index >= 15 is 0 Å². The lowest BCUT2D eigenvalue weighted by Gasteiger charge is -2.18. The number of aromatic nitrogens is 1. The van der Waals surface area contributed by atoms with Gasteiger partial charge < -0.3 is 9.15 Å². The second kappa shape index (κ2) is 3.20. The Kier molecular flexibility index (Phi) is 2.40. The first kappa shape index (κ1) is 9.77. The number of oxazole rings is 1. The molecule has 0 aliphatic rings. The maximum atomic E-state index is 11.3. The van der Waals surface area contributed by atoms with Crippen LogP contribution in [0.3, 0.4) is 0 Å². The van der Waals surface area contributed by atoms with Crippen LogP contribution in [-0.2, 0) is 4.74 Å². The Morgan fingerprint density at radius 3 is 2.54 bits per heavy atom. The first-order valence-electron chi connectivity index (χ1n) is 4.04. The number of ether oxygens (including phenoxy) is 1. The highest BCUT2D eigenvalue weighted by Crippen LogP contribution is 2.11. The van der Waals surface area contributed by atoms with Crippen LogP contribution in [0.25, 0.3) is 0 Å². The third kappa shape index (κ3) is 2.89. The van der Waals surface area contributed by atoms with Crippen molar-refractivity contribution in [3.63, 3.8) is 0 Å². The molecule has 4 heteroatoms. The molecular formula is C9H13NO3. The summed E-state index contributed by atoms with van der Waals surface area (Å²) in [5.74, 6) is 0.00482. The maximum Gasteiger partial charge on any atom is 0.360 e. The molecule has 13 heavy (non-hydrogen) atoms. The normalized spacial score (nSPS) is 11.4. The van der Waals surface area contributed by atoms with E-state index in [0.29, 0.717) is 5.89 Å². The van der Waals surface area contributed by atoms with Crippen molar-refractivity contribution >= 4 is 5.97 Å². The average Bonchev–Trinajstić information content (AvgIpc) is 2.31. The molecule has 0 aromatic carbocycles. The first-order chi connectivity index (χ1) is 5.88. The van der Waals surface area contributed by atoms with Crippen molar-refractivity contribution in [2.45, 2.75) is 33.3 Å². The van der Waals surface area contributed by atoms with Gasteiger partial charge in [-0.25, -0.2) is 9.78 Å². The topological polar surface area (TPSA) is 52.3 Å². The second-order valence-corrected chi connectivity index (χ2v) is 3.75. The van der Waals surface area contributed by atoms with Gasteiger partial charge in [-0.15, -0.1) is 0 Å². The smallest absolute Gasteiger partial charge is 0.360 e. The van der Waals surface area contributed by atoms with Crippen molar-refractivity contribution in [3.05, 3.63) is 17.8 Å². The molecule has 0 unspecified atom stereocenters. The molecule has 1 aromatic heterocycles. The van der Waals surface area contributed by atoms with Crippen LogP contribution in [0.1, 0.15) is 37.2 Å². The maximum absolute atomic E-state index is 11.3. The Morgan fingerprint density at radius 2 is 2.15 bits per heavy atom. The lowest BCUT2D eigenvalue weighted by Crippen LogP contribution is -2.24. The van der Waals surface area contributed by atoms with E-state index in [1.807, 2.05) is 0 Å². The van der Waals surface area contributed by atoms with E-state index in [4.69, 9.17) is 9.15 Å². The van der Waals surface area contributed by atoms with E-state index in [1.54, 1.807) is 27.7 Å². The van der Waals surface area contributed by atoms with Gasteiger partial charge in [0.15, 0.2) is 11.6 Å². The summed E-state index contributed by atoms with van der Waals surface area (Å²) < 4.78 is 9.96. The molecule has 0 amide bonds. The number of aryl methyl sites for hydroxylation is 1. The number of nitrogens with zero attached hydrogens (tertiary/aromatic N) is 1. The molecule has 72 valence electrons. The zero-order valence-electron chi connectivity index (χ0n) is 8.25. The summed E-state index contributed by atoms with van der Waals surface area (Å²) in [6.07, 6.45) is 1.30. The van der Waals surface area contributed by atoms with Gasteiger partial charge in [-0.05, 0) is 20.8 Å². The molecule has 0 aliphatic carbocycles. The summed E-state index contributed by atoms with van der Waals surface area (Å²) in [4.78, 5) is 15.2. The van der Waals surface area contributed by atoms with E-state index in [9.17, 15) is 4.79 Å². The predicted octanol–water partition coefficient (Wildman–Crippen LogP) is 1.94. The van der Waals surface area contributed by atoms with Gasteiger partial charge in [-0.2, -0.15) is 0 Å². The summed E-state index contributed by atoms with van der Waals surface area (Å²) in [5.41, 5.74) is -0.281. The molecule has 0 atom stereocenters. The minimum absolute atomic E-state index is 0.215. The van der Waals surface area contributed by atoms with Gasteiger partial charge in [-0.1, -0.05) is 0 Å². The second-order valence-electron chi connectivity index (χ2n) is 3.75. The minimum atomic E-state index is -0.496. The standard InChI is InChI=1S/C9H13NO3/c1-6-10-7(5-12-6)8(11)13-9(2,3)4/h5H,1-4H3. The van der Waals surface area contributed by atoms with Crippen molar-refractivity contribution in [3.8, 4) is 0 Å². The van der Waals surface area contributed by atoms with Crippen molar-refractivity contribution < 1.29 is 13.9 Å². The molecule has 0 radical (unpaired) electrons. The molecule has 0 N–H and O–H groups in total. The van der Waals surface area contributed by atoms with E-state index < -0.39 is 11.6 Å². The zero-order chi connectivity index (χ0) is 10.1. The Morgan fingerprint density at radius 1 is 1.54 bits per heavy atom. The highest BCUT2D eigenvalue weighted by atomic mass is 16.6. The van der Waals surface area contributed by atoms with E-state index in [1.165, 1.54) is 6.26 Å². The monoisotopic (exact) mass is 183 g/mol. The number of hydrogen-bond acceptors (Lipinski definition) is 4. The Hall–Kier alpha value is -1.32. The fourth-order valence-corrected chi connectivity index (χ4v) is 0.788. The third-order valence-corrected chi connectivity index (χ3v) is 1.23. The molecule has 0 spiro atoms. The summed E-state index contributed by atoms with van der Waals surface area (Å²) in [6.45, 7) is 7.08. The van der Waals surface area contributed by atoms with Crippen LogP contribution in [0.2, 0.25) is 0 Å². The van der Waals surface area contributed by atoms with Crippen LogP contribution in [0.4, 0.5) is 0 Å². The van der Waals surface area contributed by atoms with Crippen LogP contribution < -0.4 is 0 Å². The zero-order valence-corrected chi connectivity index (χ0v) is 8.25. The summed E-state index contributed by atoms with van der Waals surface area (Å²) >= 11 is 0. The number of carbonyl (C=O) groups excluding carboxylic acids is 1. The highest BCUT2D eigenvalue weighted by molar-refractivity contribution is 5.87. The fraction of sp³-hybridized carbons (Fsp3) is 0.556. The number of carbonyl (C=O) groups is 1. The van der Waals surface area contributed by atoms with Crippen LogP contribution in [-0.4, -0.2) is 16.6 Å². The third-order valence-electron chi connectivity index (χ3n) is 1.23. The minimum Gasteiger partial charge on any atom is -0.455 e. The lowest BCUT2D eigenvalue weighted by molar-refractivity contribution is 0.00628. The molecule has 0 saturated heterocycles. The van der Waals surface area contributed by atoms with Crippen LogP contribution in [0.5, 0.6) is 0 Å². The molecule has 4 nitrogen and oxygen atoms in total. The van der Waals surface area contributed by atoms with Gasteiger partial charge in [0.25, 0.3) is 0 Å². The predicted molar refractivity (Wildman–Crippen MR) is 46.4 cm³/mol. The van der Waals surface area contributed by atoms with Crippen LogP contribution in [0.15, 0.2) is 10.7 Å². The van der Waals surface area contributed by atoms with Crippen LogP contribution >= 0.6 is 0 Å². The Labute approximate surface area is 76.9 Å². The molecule has 0 aliphatic heterocycles. The highest BCUT2D eigenvalue weighted by Gasteiger charge is 2.20. The van der Waals surface area contributed by atoms with Crippen molar-refractivity contribution in [2.75, 3.05) is 0 Å². The molecule has 0 bridgehead atoms. The van der Waals surface area contributed by atoms with Gasteiger partial charge >= 0.3 is 5.97 Å². The van der Waals surface area contributed by atoms with Crippen molar-refractivity contribution in [1.82, 2.24) is 4.98 Å². The van der Waals surface area contributed by atoms with Crippen LogP contribution in [0, 0.1) is 6.92 Å². The van der Waals surface area contributed by atoms with E-state index in [2.05, 4.69) is 4.98 Å². The quantitative estimate of drug-likeness (QED) is 0.624. The molecule has 0 saturated carbocycles. The van der Waals surface area contributed by atoms with Crippen molar-refractivity contribution in [2.24, 2.45) is 0 Å². The van der Waals surface area contributed by atoms with E-state index in [0.717, 1.165) is 0 Å². The van der Waals surface area contributed by atoms with Gasteiger partial charge in [0, 0.05) is 6.92 Å². The number of rotatable bonds is 1. The number of esters is 1. The first-order valence-corrected chi connectivity index (χ1v) is 4.04. The largest absolute Gasteiger partial charge is 0.455 e. The van der Waals surface area contributed by atoms with Gasteiger partial charge in [-0.3, -0.25) is 0 Å². The van der Waals surface area contributed by atoms with E-state index in [-0.39, 0.29) is 5.69 Å². The summed E-state index contributed by atoms with van der Waals surface area (Å²) in [7, 11) is 0. The molecule has 1 heterocycles. The Bertz CT molecular complexity index is 309. The molecule has 1 rings (SSSR count). The van der Waals surface area contributed by atoms with Crippen molar-refractivity contribution in [1.29, 1.82) is 0 Å². The molecule has 0 fully saturated rings. The average molecular weight is 183 g/mol. The molecular weight excluding hydrogens is 170 g/mol. The molecule has 1 aromatic rings. The summed E-state index contributed by atoms with van der Waals surface area (Å²) in [6, 6.07) is 0. The van der Waals surface area contributed by atoms with Gasteiger partial charge in [0.2, 0.25) is 0 Å². The number of hydrogen-bond donors (Lipinski definition) is 0. The summed E-state index contributed by atoms with van der Waals surface area (Å²) in [5, 5.41) is 0. The van der Waals surface area contributed by atoms with Gasteiger partial charge in [0.05, 0.1) is 0 Å². The lowest BCUT2D eigenvalue weighted by atomic mass is 10.2. The van der Waals surface area contributed by atoms with Gasteiger partial charge in [0.1, 0.15) is 11.9 Å². The fourth-order valence-electron chi connectivity index (χ4n) is 0.788.